The summed E-state index contributed by atoms with van der Waals surface area (Å²) in [6.07, 6.45) is 19.4. The number of benzene rings is 6. The molecule has 1 unspecified atom stereocenters. The molecule has 1 aliphatic carbocycles. The molecule has 0 spiro atoms. The Morgan fingerprint density at radius 1 is 0.327 bits per heavy atom. The zero-order chi connectivity index (χ0) is 71.1. The summed E-state index contributed by atoms with van der Waals surface area (Å²) in [5, 5.41) is 13.4. The molecule has 8 atom stereocenters. The summed E-state index contributed by atoms with van der Waals surface area (Å²) in [7, 11) is -9.91. The third-order valence-electron chi connectivity index (χ3n) is 18.1. The molecule has 1 N–H and O–H groups in total. The van der Waals surface area contributed by atoms with Crippen LogP contribution < -0.4 is 0 Å². The van der Waals surface area contributed by atoms with E-state index in [1.54, 1.807) is 48.5 Å². The van der Waals surface area contributed by atoms with Crippen LogP contribution in [0.4, 0.5) is 0 Å². The Balaban J connectivity index is 1.18. The van der Waals surface area contributed by atoms with Gasteiger partial charge in [0.15, 0.2) is 6.10 Å². The van der Waals surface area contributed by atoms with Gasteiger partial charge in [0.25, 0.3) is 0 Å². The number of ether oxygens (including phenoxy) is 5. The van der Waals surface area contributed by atoms with Crippen LogP contribution in [0.15, 0.2) is 182 Å². The molecule has 0 heterocycles. The second-order valence-electron chi connectivity index (χ2n) is 26.7. The van der Waals surface area contributed by atoms with E-state index in [1.165, 1.54) is 109 Å². The average molecular weight is 1430 g/mol. The third kappa shape index (κ3) is 33.8. The van der Waals surface area contributed by atoms with Gasteiger partial charge in [-0.05, 0) is 46.2 Å². The first-order valence-electron chi connectivity index (χ1n) is 37.8. The molecule has 0 amide bonds. The molecule has 0 aliphatic heterocycles. The van der Waals surface area contributed by atoms with Crippen LogP contribution in [0, 0.1) is 0 Å². The first-order chi connectivity index (χ1) is 49.5. The highest BCUT2D eigenvalue weighted by Crippen LogP contribution is 2.57. The summed E-state index contributed by atoms with van der Waals surface area (Å²) >= 11 is 0. The smallest absolute Gasteiger partial charge is 0.462 e. The molecule has 554 valence electrons. The van der Waals surface area contributed by atoms with E-state index in [0.29, 0.717) is 29.5 Å². The highest BCUT2D eigenvalue weighted by Gasteiger charge is 2.58. The van der Waals surface area contributed by atoms with Crippen molar-refractivity contribution < 1.29 is 74.7 Å². The van der Waals surface area contributed by atoms with Gasteiger partial charge >= 0.3 is 27.6 Å². The van der Waals surface area contributed by atoms with Crippen molar-refractivity contribution in [1.29, 1.82) is 0 Å². The first-order valence-corrected chi connectivity index (χ1v) is 40.7. The predicted octanol–water partition coefficient (Wildman–Crippen LogP) is 21.2. The fourth-order valence-electron chi connectivity index (χ4n) is 12.3. The van der Waals surface area contributed by atoms with E-state index in [9.17, 15) is 14.7 Å². The van der Waals surface area contributed by atoms with Crippen LogP contribution in [-0.2, 0) is 109 Å². The number of phosphoric ester groups is 2. The predicted molar refractivity (Wildman–Crippen MR) is 397 cm³/mol. The summed E-state index contributed by atoms with van der Waals surface area (Å²) in [5.74, 6) is -1.01. The van der Waals surface area contributed by atoms with Gasteiger partial charge in [-0.15, -0.1) is 0 Å². The molecular formula is C83H116O16P2. The van der Waals surface area contributed by atoms with E-state index in [0.717, 1.165) is 61.6 Å². The number of carbonyl (C=O) groups is 2. The number of esters is 2. The monoisotopic (exact) mass is 1430 g/mol. The molecular weight excluding hydrogens is 1310 g/mol. The maximum atomic E-state index is 16.2. The van der Waals surface area contributed by atoms with Crippen LogP contribution in [0.1, 0.15) is 227 Å². The number of aliphatic hydroxyl groups excluding tert-OH is 1. The van der Waals surface area contributed by atoms with Crippen molar-refractivity contribution in [2.75, 3.05) is 13.2 Å². The summed E-state index contributed by atoms with van der Waals surface area (Å²) in [6.45, 7) is 2.52. The molecule has 18 heteroatoms. The van der Waals surface area contributed by atoms with Crippen molar-refractivity contribution in [3.63, 3.8) is 0 Å². The number of aliphatic hydroxyl groups is 1. The number of hydrogen-bond donors (Lipinski definition) is 1. The largest absolute Gasteiger partial charge is 0.475 e. The van der Waals surface area contributed by atoms with Crippen LogP contribution in [0.5, 0.6) is 0 Å². The van der Waals surface area contributed by atoms with E-state index in [1.807, 2.05) is 133 Å². The molecule has 1 aliphatic rings. The second kappa shape index (κ2) is 49.9. The average Bonchev–Trinajstić information content (AvgIpc) is 0.757. The van der Waals surface area contributed by atoms with E-state index >= 15 is 9.13 Å². The normalized spacial score (nSPS) is 17.9. The van der Waals surface area contributed by atoms with E-state index in [4.69, 9.17) is 50.8 Å². The van der Waals surface area contributed by atoms with Gasteiger partial charge in [0.1, 0.15) is 43.2 Å². The van der Waals surface area contributed by atoms with Gasteiger partial charge in [0, 0.05) is 12.8 Å². The van der Waals surface area contributed by atoms with Crippen LogP contribution in [0.2, 0.25) is 0 Å². The number of hydrogen-bond acceptors (Lipinski definition) is 16. The fraction of sp³-hybridized carbons (Fsp3) is 0.542. The fourth-order valence-corrected chi connectivity index (χ4v) is 15.0. The molecule has 0 saturated heterocycles. The zero-order valence-corrected chi connectivity index (χ0v) is 62.1. The minimum Gasteiger partial charge on any atom is -0.462 e. The van der Waals surface area contributed by atoms with E-state index in [2.05, 4.69) is 13.8 Å². The van der Waals surface area contributed by atoms with Gasteiger partial charge in [-0.2, -0.15) is 0 Å². The van der Waals surface area contributed by atoms with Crippen LogP contribution >= 0.6 is 15.6 Å². The number of unbranched alkanes of at least 4 members (excludes halogenated alkanes) is 24. The minimum atomic E-state index is -5.09. The van der Waals surface area contributed by atoms with E-state index < -0.39 is 83.5 Å². The summed E-state index contributed by atoms with van der Waals surface area (Å²) in [4.78, 5) is 27.5. The van der Waals surface area contributed by atoms with Gasteiger partial charge in [-0.25, -0.2) is 9.13 Å². The Labute approximate surface area is 603 Å². The summed E-state index contributed by atoms with van der Waals surface area (Å²) in [5.41, 5.74) is 4.16. The van der Waals surface area contributed by atoms with Gasteiger partial charge in [-0.3, -0.25) is 36.7 Å². The first kappa shape index (κ1) is 82.6. The number of carbonyl (C=O) groups excluding carboxylic acids is 2. The SMILES string of the molecule is CCCCCCCCCCCCCCCC(=O)OC[C@@H](COP(=O)(OCc1ccccc1)O[C@@H]1[C@H](O)[C@H](OP(=O)(OCc2ccccc2)OCc2ccccc2)[C@@H](OCc2ccccc2)[C@H](OCc2ccccc2)[C@H]1OCc1ccccc1)OC(=O)CCCCCCCCCCCCCCC. The Hall–Kier alpha value is -5.68. The van der Waals surface area contributed by atoms with Crippen molar-refractivity contribution in [1.82, 2.24) is 0 Å². The summed E-state index contributed by atoms with van der Waals surface area (Å²) < 4.78 is 103. The molecule has 101 heavy (non-hydrogen) atoms. The highest BCUT2D eigenvalue weighted by atomic mass is 31.2. The molecule has 16 nitrogen and oxygen atoms in total. The van der Waals surface area contributed by atoms with Crippen molar-refractivity contribution in [2.24, 2.45) is 0 Å². The van der Waals surface area contributed by atoms with Gasteiger partial charge < -0.3 is 28.8 Å². The Kier molecular flexibility index (Phi) is 40.8. The Morgan fingerprint density at radius 2 is 0.584 bits per heavy atom. The van der Waals surface area contributed by atoms with Crippen molar-refractivity contribution in [3.05, 3.63) is 215 Å². The molecule has 0 radical (unpaired) electrons. The molecule has 1 saturated carbocycles. The Morgan fingerprint density at radius 3 is 0.891 bits per heavy atom. The molecule has 1 fully saturated rings. The van der Waals surface area contributed by atoms with Crippen molar-refractivity contribution in [3.8, 4) is 0 Å². The van der Waals surface area contributed by atoms with Gasteiger partial charge in [0.2, 0.25) is 0 Å². The topological polar surface area (TPSA) is 190 Å². The van der Waals surface area contributed by atoms with Crippen LogP contribution in [-0.4, -0.2) is 73.0 Å². The lowest BCUT2D eigenvalue weighted by atomic mass is 9.84. The minimum absolute atomic E-state index is 0.0345. The van der Waals surface area contributed by atoms with Crippen LogP contribution in [0.25, 0.3) is 0 Å². The lowest BCUT2D eigenvalue weighted by Gasteiger charge is -2.48. The number of rotatable bonds is 56. The zero-order valence-electron chi connectivity index (χ0n) is 60.3. The van der Waals surface area contributed by atoms with Gasteiger partial charge in [0.05, 0.1) is 46.2 Å². The number of phosphoric acid groups is 2. The maximum Gasteiger partial charge on any atom is 0.475 e. The quantitative estimate of drug-likeness (QED) is 0.0215. The molecule has 0 aromatic heterocycles. The second-order valence-corrected chi connectivity index (χ2v) is 29.9. The molecule has 7 rings (SSSR count). The molecule has 6 aromatic carbocycles. The standard InChI is InChI=1S/C83H116O16P2/c1-3-5-7-9-11-13-15-17-19-21-23-25-45-59-76(84)89-67-75(97-77(85)60-46-26-24-22-20-18-16-14-12-10-8-6-4-2)68-96-101(88,95-66-74-57-43-32-44-58-74)99-80-78(86)79(98-100(87,93-64-72-53-39-30-40-54-72)94-65-73-55-41-31-42-56-73)81(90-61-69-47-33-27-34-48-69)83(92-63-71-51-37-29-38-52-71)82(80)91-62-70-49-35-28-36-50-70/h27-44,47-58,75,78-83,86H,3-26,45-46,59-68H2,1-2H3/t75-,78+,79-,80+,81+,82-,83-,101?/m0/s1. The molecule has 6 aromatic rings. The lowest BCUT2D eigenvalue weighted by molar-refractivity contribution is -0.258. The van der Waals surface area contributed by atoms with Crippen molar-refractivity contribution >= 4 is 27.6 Å². The lowest BCUT2D eigenvalue weighted by Crippen LogP contribution is -2.66. The highest BCUT2D eigenvalue weighted by molar-refractivity contribution is 7.48. The Bertz CT molecular complexity index is 3120. The van der Waals surface area contributed by atoms with E-state index in [-0.39, 0.29) is 52.5 Å². The molecule has 0 bridgehead atoms. The summed E-state index contributed by atoms with van der Waals surface area (Å²) in [6, 6.07) is 55.3. The maximum absolute atomic E-state index is 16.2. The third-order valence-corrected chi connectivity index (χ3v) is 20.9. The van der Waals surface area contributed by atoms with Crippen LogP contribution in [0.3, 0.4) is 0 Å². The van der Waals surface area contributed by atoms with Crippen molar-refractivity contribution in [2.45, 2.75) is 276 Å². The van der Waals surface area contributed by atoms with Gasteiger partial charge in [-0.1, -0.05) is 350 Å².